The van der Waals surface area contributed by atoms with Crippen molar-refractivity contribution in [1.29, 1.82) is 0 Å². The number of hydrogen-bond donors (Lipinski definition) is 0. The maximum atomic E-state index is 13.6. The molecule has 0 saturated carbocycles. The molecule has 0 aromatic rings. The van der Waals surface area contributed by atoms with Gasteiger partial charge in [0.25, 0.3) is 5.91 Å². The number of halogens is 1. The van der Waals surface area contributed by atoms with E-state index < -0.39 is 5.67 Å². The molecule has 2 fully saturated rings. The Morgan fingerprint density at radius 1 is 1.42 bits per heavy atom. The average Bonchev–Trinajstić information content (AvgIpc) is 1.80. The molecule has 2 rings (SSSR count). The van der Waals surface area contributed by atoms with E-state index >= 15 is 0 Å². The molecule has 0 radical (unpaired) electrons. The Labute approximate surface area is 71.1 Å². The van der Waals surface area contributed by atoms with E-state index in [4.69, 9.17) is 0 Å². The van der Waals surface area contributed by atoms with Crippen molar-refractivity contribution in [1.82, 2.24) is 9.80 Å². The first-order valence-corrected chi connectivity index (χ1v) is 4.29. The van der Waals surface area contributed by atoms with E-state index in [1.165, 1.54) is 0 Å². The van der Waals surface area contributed by atoms with Crippen molar-refractivity contribution in [2.45, 2.75) is 12.1 Å². The van der Waals surface area contributed by atoms with Crippen LogP contribution in [0.2, 0.25) is 0 Å². The molecule has 0 bridgehead atoms. The first-order valence-electron chi connectivity index (χ1n) is 4.29. The first-order chi connectivity index (χ1) is 5.62. The Hall–Kier alpha value is -0.640. The largest absolute Gasteiger partial charge is 0.340 e. The van der Waals surface area contributed by atoms with Crippen molar-refractivity contribution < 1.29 is 9.18 Å². The second-order valence-corrected chi connectivity index (χ2v) is 3.78. The zero-order valence-electron chi connectivity index (χ0n) is 7.22. The fraction of sp³-hybridized carbons (Fsp3) is 0.875. The van der Waals surface area contributed by atoms with Gasteiger partial charge < -0.3 is 4.90 Å². The quantitative estimate of drug-likeness (QED) is 0.550. The Balaban J connectivity index is 1.95. The molecule has 3 nitrogen and oxygen atoms in total. The Morgan fingerprint density at radius 3 is 2.33 bits per heavy atom. The second-order valence-electron chi connectivity index (χ2n) is 3.78. The molecular formula is C8H13FN2O. The third-order valence-corrected chi connectivity index (χ3v) is 2.57. The molecule has 2 saturated heterocycles. The lowest BCUT2D eigenvalue weighted by atomic mass is 9.94. The lowest BCUT2D eigenvalue weighted by Crippen LogP contribution is -2.66. The molecule has 0 spiro atoms. The lowest BCUT2D eigenvalue weighted by Gasteiger charge is -2.45. The topological polar surface area (TPSA) is 23.6 Å². The van der Waals surface area contributed by atoms with Gasteiger partial charge >= 0.3 is 0 Å². The average molecular weight is 172 g/mol. The van der Waals surface area contributed by atoms with Crippen molar-refractivity contribution in [3.05, 3.63) is 0 Å². The molecule has 2 heterocycles. The number of amides is 1. The fourth-order valence-corrected chi connectivity index (χ4v) is 1.75. The van der Waals surface area contributed by atoms with Gasteiger partial charge in [-0.25, -0.2) is 4.39 Å². The first kappa shape index (κ1) is 7.98. The minimum Gasteiger partial charge on any atom is -0.340 e. The Bertz CT molecular complexity index is 209. The van der Waals surface area contributed by atoms with Crippen LogP contribution in [0.4, 0.5) is 4.39 Å². The smallest absolute Gasteiger partial charge is 0.262 e. The number of carbonyl (C=O) groups excluding carboxylic acids is 1. The summed E-state index contributed by atoms with van der Waals surface area (Å²) in [6.45, 7) is 2.02. The lowest BCUT2D eigenvalue weighted by molar-refractivity contribution is -0.158. The summed E-state index contributed by atoms with van der Waals surface area (Å²) >= 11 is 0. The summed E-state index contributed by atoms with van der Waals surface area (Å²) < 4.78 is 13.6. The molecule has 0 unspecified atom stereocenters. The predicted molar refractivity (Wildman–Crippen MR) is 42.5 cm³/mol. The molecule has 0 aromatic carbocycles. The van der Waals surface area contributed by atoms with Crippen LogP contribution in [0, 0.1) is 0 Å². The number of hydrogen-bond acceptors (Lipinski definition) is 2. The highest BCUT2D eigenvalue weighted by Crippen LogP contribution is 2.27. The summed E-state index contributed by atoms with van der Waals surface area (Å²) in [4.78, 5) is 14.8. The molecule has 1 amide bonds. The van der Waals surface area contributed by atoms with Gasteiger partial charge in [-0.15, -0.1) is 0 Å². The van der Waals surface area contributed by atoms with Gasteiger partial charge in [-0.3, -0.25) is 9.69 Å². The van der Waals surface area contributed by atoms with Crippen LogP contribution in [0.3, 0.4) is 0 Å². The van der Waals surface area contributed by atoms with Crippen LogP contribution >= 0.6 is 0 Å². The summed E-state index contributed by atoms with van der Waals surface area (Å²) in [7, 11) is 1.82. The van der Waals surface area contributed by atoms with Gasteiger partial charge in [0, 0.05) is 26.2 Å². The van der Waals surface area contributed by atoms with E-state index in [1.807, 2.05) is 11.9 Å². The molecular weight excluding hydrogens is 159 g/mol. The van der Waals surface area contributed by atoms with Crippen LogP contribution in [0.5, 0.6) is 0 Å². The Kier molecular flexibility index (Phi) is 1.61. The van der Waals surface area contributed by atoms with Crippen molar-refractivity contribution >= 4 is 5.91 Å². The zero-order chi connectivity index (χ0) is 8.77. The zero-order valence-corrected chi connectivity index (χ0v) is 7.22. The number of nitrogens with zero attached hydrogens (tertiary/aromatic N) is 2. The SMILES string of the molecule is CN1CC(F)(C(=O)N2CCC2)C1. The van der Waals surface area contributed by atoms with E-state index in [0.29, 0.717) is 0 Å². The number of rotatable bonds is 1. The van der Waals surface area contributed by atoms with Gasteiger partial charge in [0.05, 0.1) is 0 Å². The number of likely N-dealkylation sites (tertiary alicyclic amines) is 2. The summed E-state index contributed by atoms with van der Waals surface area (Å²) in [6.07, 6.45) is 1.03. The van der Waals surface area contributed by atoms with Crippen LogP contribution in [-0.2, 0) is 4.79 Å². The summed E-state index contributed by atoms with van der Waals surface area (Å²) in [5.74, 6) is -0.299. The molecule has 0 atom stereocenters. The van der Waals surface area contributed by atoms with Crippen LogP contribution < -0.4 is 0 Å². The molecule has 0 N–H and O–H groups in total. The van der Waals surface area contributed by atoms with E-state index in [0.717, 1.165) is 19.5 Å². The number of alkyl halides is 1. The van der Waals surface area contributed by atoms with Crippen molar-refractivity contribution in [2.24, 2.45) is 0 Å². The second kappa shape index (κ2) is 2.42. The molecule has 68 valence electrons. The van der Waals surface area contributed by atoms with E-state index in [2.05, 4.69) is 0 Å². The van der Waals surface area contributed by atoms with Crippen LogP contribution in [-0.4, -0.2) is 54.6 Å². The molecule has 0 aromatic heterocycles. The summed E-state index contributed by atoms with van der Waals surface area (Å²) in [5.41, 5.74) is -1.56. The highest BCUT2D eigenvalue weighted by molar-refractivity contribution is 5.87. The molecule has 12 heavy (non-hydrogen) atoms. The van der Waals surface area contributed by atoms with Gasteiger partial charge in [0.1, 0.15) is 0 Å². The summed E-state index contributed by atoms with van der Waals surface area (Å²) in [5, 5.41) is 0. The number of carbonyl (C=O) groups is 1. The van der Waals surface area contributed by atoms with E-state index in [1.54, 1.807) is 4.90 Å². The minimum absolute atomic E-state index is 0.266. The maximum Gasteiger partial charge on any atom is 0.262 e. The van der Waals surface area contributed by atoms with Crippen molar-refractivity contribution in [2.75, 3.05) is 33.2 Å². The molecule has 2 aliphatic heterocycles. The van der Waals surface area contributed by atoms with E-state index in [9.17, 15) is 9.18 Å². The highest BCUT2D eigenvalue weighted by Gasteiger charge is 2.51. The third-order valence-electron chi connectivity index (χ3n) is 2.57. The van der Waals surface area contributed by atoms with Crippen LogP contribution in [0.15, 0.2) is 0 Å². The molecule has 2 aliphatic rings. The highest BCUT2D eigenvalue weighted by atomic mass is 19.1. The third kappa shape index (κ3) is 1.02. The molecule has 4 heteroatoms. The Morgan fingerprint density at radius 2 is 2.00 bits per heavy atom. The van der Waals surface area contributed by atoms with Crippen LogP contribution in [0.25, 0.3) is 0 Å². The maximum absolute atomic E-state index is 13.6. The predicted octanol–water partition coefficient (Wildman–Crippen LogP) is -0.128. The van der Waals surface area contributed by atoms with Crippen molar-refractivity contribution in [3.63, 3.8) is 0 Å². The normalized spacial score (nSPS) is 27.7. The van der Waals surface area contributed by atoms with Gasteiger partial charge in [-0.2, -0.15) is 0 Å². The van der Waals surface area contributed by atoms with Crippen LogP contribution in [0.1, 0.15) is 6.42 Å². The monoisotopic (exact) mass is 172 g/mol. The van der Waals surface area contributed by atoms with Gasteiger partial charge in [0.2, 0.25) is 5.67 Å². The molecule has 0 aliphatic carbocycles. The van der Waals surface area contributed by atoms with E-state index in [-0.39, 0.29) is 19.0 Å². The minimum atomic E-state index is -1.56. The summed E-state index contributed by atoms with van der Waals surface area (Å²) in [6, 6.07) is 0. The van der Waals surface area contributed by atoms with Gasteiger partial charge in [-0.1, -0.05) is 0 Å². The van der Waals surface area contributed by atoms with Gasteiger partial charge in [-0.05, 0) is 13.5 Å². The fourth-order valence-electron chi connectivity index (χ4n) is 1.75. The van der Waals surface area contributed by atoms with Crippen molar-refractivity contribution in [3.8, 4) is 0 Å². The van der Waals surface area contributed by atoms with Gasteiger partial charge in [0.15, 0.2) is 0 Å². The standard InChI is InChI=1S/C8H13FN2O/c1-10-5-8(9,6-10)7(12)11-3-2-4-11/h2-6H2,1H3.